The molecule has 86 valence electrons. The van der Waals surface area contributed by atoms with Crippen molar-refractivity contribution in [2.24, 2.45) is 5.29 Å². The lowest BCUT2D eigenvalue weighted by Crippen LogP contribution is -2.34. The first-order valence-electron chi connectivity index (χ1n) is 5.19. The Morgan fingerprint density at radius 2 is 2.06 bits per heavy atom. The van der Waals surface area contributed by atoms with Crippen LogP contribution < -0.4 is 5.32 Å². The molecule has 0 aliphatic rings. The van der Waals surface area contributed by atoms with Crippen LogP contribution >= 0.6 is 0 Å². The Morgan fingerprint density at radius 3 is 2.62 bits per heavy atom. The number of benzene rings is 1. The number of nitrogens with zero attached hydrogens (tertiary/aromatic N) is 2. The third-order valence-electron chi connectivity index (χ3n) is 2.06. The topological polar surface area (TPSA) is 61.8 Å². The Kier molecular flexibility index (Phi) is 4.98. The molecule has 5 nitrogen and oxygen atoms in total. The smallest absolute Gasteiger partial charge is 0.252 e. The average molecular weight is 221 g/mol. The van der Waals surface area contributed by atoms with Crippen LogP contribution in [-0.2, 0) is 0 Å². The fourth-order valence-electron chi connectivity index (χ4n) is 1.26. The molecule has 16 heavy (non-hydrogen) atoms. The molecule has 1 aromatic carbocycles. The van der Waals surface area contributed by atoms with Gasteiger partial charge in [-0.1, -0.05) is 25.1 Å². The first-order valence-corrected chi connectivity index (χ1v) is 5.19. The second-order valence-electron chi connectivity index (χ2n) is 3.34. The maximum absolute atomic E-state index is 11.6. The predicted molar refractivity (Wildman–Crippen MR) is 61.6 cm³/mol. The van der Waals surface area contributed by atoms with Crippen molar-refractivity contribution in [3.63, 3.8) is 0 Å². The van der Waals surface area contributed by atoms with E-state index < -0.39 is 0 Å². The van der Waals surface area contributed by atoms with Crippen LogP contribution in [0.15, 0.2) is 35.6 Å². The van der Waals surface area contributed by atoms with E-state index in [0.717, 1.165) is 6.42 Å². The van der Waals surface area contributed by atoms with E-state index in [1.807, 2.05) is 13.0 Å². The van der Waals surface area contributed by atoms with Gasteiger partial charge >= 0.3 is 0 Å². The molecule has 5 heteroatoms. The minimum absolute atomic E-state index is 0.144. The second-order valence-corrected chi connectivity index (χ2v) is 3.34. The normalized spacial score (nSPS) is 9.56. The number of rotatable bonds is 6. The standard InChI is InChI=1S/C11H15N3O2/c1-2-8-14(13-16)9-12-11(15)10-6-4-3-5-7-10/h3-7H,2,8-9H2,1H3,(H,12,15). The Morgan fingerprint density at radius 1 is 1.38 bits per heavy atom. The van der Waals surface area contributed by atoms with Gasteiger partial charge in [-0.05, 0) is 18.6 Å². The third kappa shape index (κ3) is 3.68. The predicted octanol–water partition coefficient (Wildman–Crippen LogP) is 1.77. The van der Waals surface area contributed by atoms with E-state index in [1.165, 1.54) is 5.01 Å². The lowest BCUT2D eigenvalue weighted by molar-refractivity contribution is 0.0922. The fourth-order valence-corrected chi connectivity index (χ4v) is 1.26. The van der Waals surface area contributed by atoms with Crippen LogP contribution in [0.1, 0.15) is 23.7 Å². The number of carbonyl (C=O) groups is 1. The van der Waals surface area contributed by atoms with Crippen LogP contribution in [0.5, 0.6) is 0 Å². The van der Waals surface area contributed by atoms with Crippen molar-refractivity contribution < 1.29 is 4.79 Å². The molecule has 0 unspecified atom stereocenters. The molecule has 1 aromatic rings. The van der Waals surface area contributed by atoms with Gasteiger partial charge in [0.05, 0.1) is 5.29 Å². The van der Waals surface area contributed by atoms with Crippen LogP contribution in [0.3, 0.4) is 0 Å². The van der Waals surface area contributed by atoms with Gasteiger partial charge in [-0.15, -0.1) is 4.91 Å². The van der Waals surface area contributed by atoms with Crippen molar-refractivity contribution in [2.75, 3.05) is 13.2 Å². The number of hydrogen-bond donors (Lipinski definition) is 1. The Balaban J connectivity index is 2.43. The Labute approximate surface area is 94.4 Å². The van der Waals surface area contributed by atoms with Crippen molar-refractivity contribution in [2.45, 2.75) is 13.3 Å². The monoisotopic (exact) mass is 221 g/mol. The first kappa shape index (κ1) is 12.2. The molecule has 0 saturated carbocycles. The highest BCUT2D eigenvalue weighted by atomic mass is 16.3. The summed E-state index contributed by atoms with van der Waals surface area (Å²) in [4.78, 5) is 22.0. The molecule has 0 aliphatic heterocycles. The van der Waals surface area contributed by atoms with Gasteiger partial charge in [0.2, 0.25) is 0 Å². The average Bonchev–Trinajstić information content (AvgIpc) is 2.35. The Hall–Kier alpha value is -1.91. The van der Waals surface area contributed by atoms with Crippen LogP contribution in [0.2, 0.25) is 0 Å². The maximum Gasteiger partial charge on any atom is 0.252 e. The van der Waals surface area contributed by atoms with Crippen molar-refractivity contribution in [3.8, 4) is 0 Å². The minimum atomic E-state index is -0.203. The molecular formula is C11H15N3O2. The highest BCUT2D eigenvalue weighted by Gasteiger charge is 2.06. The van der Waals surface area contributed by atoms with Crippen molar-refractivity contribution in [1.82, 2.24) is 10.3 Å². The lowest BCUT2D eigenvalue weighted by Gasteiger charge is -2.14. The van der Waals surface area contributed by atoms with Gasteiger partial charge in [0.25, 0.3) is 5.91 Å². The molecular weight excluding hydrogens is 206 g/mol. The van der Waals surface area contributed by atoms with Crippen molar-refractivity contribution >= 4 is 5.91 Å². The van der Waals surface area contributed by atoms with Crippen LogP contribution in [-0.4, -0.2) is 24.1 Å². The van der Waals surface area contributed by atoms with Gasteiger partial charge in [-0.2, -0.15) is 0 Å². The minimum Gasteiger partial charge on any atom is -0.333 e. The van der Waals surface area contributed by atoms with Gasteiger partial charge in [0, 0.05) is 12.1 Å². The van der Waals surface area contributed by atoms with E-state index in [2.05, 4.69) is 10.6 Å². The van der Waals surface area contributed by atoms with E-state index in [1.54, 1.807) is 24.3 Å². The van der Waals surface area contributed by atoms with E-state index >= 15 is 0 Å². The summed E-state index contributed by atoms with van der Waals surface area (Å²) in [6, 6.07) is 8.85. The zero-order valence-electron chi connectivity index (χ0n) is 9.22. The summed E-state index contributed by atoms with van der Waals surface area (Å²) in [5, 5.41) is 6.72. The van der Waals surface area contributed by atoms with Crippen molar-refractivity contribution in [1.29, 1.82) is 0 Å². The zero-order chi connectivity index (χ0) is 11.8. The fraction of sp³-hybridized carbons (Fsp3) is 0.364. The molecule has 0 bridgehead atoms. The summed E-state index contributed by atoms with van der Waals surface area (Å²) < 4.78 is 0. The quantitative estimate of drug-likeness (QED) is 0.452. The molecule has 0 radical (unpaired) electrons. The highest BCUT2D eigenvalue weighted by molar-refractivity contribution is 5.94. The largest absolute Gasteiger partial charge is 0.333 e. The molecule has 0 atom stereocenters. The SMILES string of the molecule is CCCN(CNC(=O)c1ccccc1)N=O. The Bertz CT molecular complexity index is 340. The molecule has 0 aromatic heterocycles. The van der Waals surface area contributed by atoms with E-state index in [9.17, 15) is 9.70 Å². The number of amides is 1. The molecule has 0 saturated heterocycles. The number of carbonyl (C=O) groups excluding carboxylic acids is 1. The van der Waals surface area contributed by atoms with Crippen LogP contribution in [0, 0.1) is 4.91 Å². The molecule has 1 rings (SSSR count). The summed E-state index contributed by atoms with van der Waals surface area (Å²) in [5.41, 5.74) is 0.574. The third-order valence-corrected chi connectivity index (χ3v) is 2.06. The number of nitrogens with one attached hydrogen (secondary N) is 1. The van der Waals surface area contributed by atoms with Crippen LogP contribution in [0.4, 0.5) is 0 Å². The van der Waals surface area contributed by atoms with Gasteiger partial charge in [0.15, 0.2) is 0 Å². The summed E-state index contributed by atoms with van der Waals surface area (Å²) in [6.07, 6.45) is 0.812. The van der Waals surface area contributed by atoms with E-state index in [4.69, 9.17) is 0 Å². The highest BCUT2D eigenvalue weighted by Crippen LogP contribution is 1.98. The van der Waals surface area contributed by atoms with Gasteiger partial charge in [0.1, 0.15) is 6.67 Å². The maximum atomic E-state index is 11.6. The summed E-state index contributed by atoms with van der Waals surface area (Å²) in [6.45, 7) is 2.63. The molecule has 0 heterocycles. The lowest BCUT2D eigenvalue weighted by atomic mass is 10.2. The molecule has 1 N–H and O–H groups in total. The second kappa shape index (κ2) is 6.55. The van der Waals surface area contributed by atoms with Crippen molar-refractivity contribution in [3.05, 3.63) is 40.8 Å². The molecule has 0 spiro atoms. The van der Waals surface area contributed by atoms with Gasteiger partial charge < -0.3 is 5.32 Å². The molecule has 1 amide bonds. The van der Waals surface area contributed by atoms with E-state index in [-0.39, 0.29) is 12.6 Å². The number of hydrogen-bond acceptors (Lipinski definition) is 3. The summed E-state index contributed by atoms with van der Waals surface area (Å²) in [7, 11) is 0. The zero-order valence-corrected chi connectivity index (χ0v) is 9.22. The summed E-state index contributed by atoms with van der Waals surface area (Å²) >= 11 is 0. The van der Waals surface area contributed by atoms with Gasteiger partial charge in [-0.3, -0.25) is 4.79 Å². The van der Waals surface area contributed by atoms with Crippen LogP contribution in [0.25, 0.3) is 0 Å². The van der Waals surface area contributed by atoms with Gasteiger partial charge in [-0.25, -0.2) is 5.01 Å². The summed E-state index contributed by atoms with van der Waals surface area (Å²) in [5.74, 6) is -0.203. The molecule has 0 aliphatic carbocycles. The first-order chi connectivity index (χ1) is 7.77. The van der Waals surface area contributed by atoms with E-state index in [0.29, 0.717) is 12.1 Å². The number of nitroso groups, excluding NO2 is 1. The molecule has 0 fully saturated rings.